The fourth-order valence-electron chi connectivity index (χ4n) is 5.20. The molecule has 8 nitrogen and oxygen atoms in total. The number of aromatic nitrogens is 2. The summed E-state index contributed by atoms with van der Waals surface area (Å²) in [6.07, 6.45) is 2.85. The molecule has 1 aromatic heterocycles. The van der Waals surface area contributed by atoms with Crippen LogP contribution in [0.1, 0.15) is 48.3 Å². The number of primary sulfonamides is 1. The van der Waals surface area contributed by atoms with Gasteiger partial charge in [0.15, 0.2) is 0 Å². The zero-order valence-electron chi connectivity index (χ0n) is 21.5. The first-order valence-corrected chi connectivity index (χ1v) is 15.8. The largest absolute Gasteiger partial charge is 0.328 e. The highest BCUT2D eigenvalue weighted by Gasteiger charge is 2.37. The molecule has 1 unspecified atom stereocenters. The molecule has 0 aliphatic carbocycles. The zero-order chi connectivity index (χ0) is 27.1. The minimum atomic E-state index is -3.88. The number of fused-ring (bicyclic) bond motifs is 2. The summed E-state index contributed by atoms with van der Waals surface area (Å²) < 4.78 is 55.4. The number of rotatable bonds is 8. The molecule has 1 aliphatic rings. The second-order valence-electron chi connectivity index (χ2n) is 9.83. The van der Waals surface area contributed by atoms with Crippen LogP contribution < -0.4 is 5.14 Å². The minimum Gasteiger partial charge on any atom is -0.328 e. The summed E-state index contributed by atoms with van der Waals surface area (Å²) >= 11 is 0. The van der Waals surface area contributed by atoms with E-state index in [9.17, 15) is 16.8 Å². The Bertz CT molecular complexity index is 1690. The number of hydrogen-bond donors (Lipinski definition) is 1. The third-order valence-corrected chi connectivity index (χ3v) is 10.1. The van der Waals surface area contributed by atoms with E-state index in [0.717, 1.165) is 35.0 Å². The number of imidazole rings is 1. The summed E-state index contributed by atoms with van der Waals surface area (Å²) in [5.74, 6) is 0.714. The van der Waals surface area contributed by atoms with Gasteiger partial charge in [0, 0.05) is 19.5 Å². The molecule has 5 rings (SSSR count). The van der Waals surface area contributed by atoms with Gasteiger partial charge in [0.1, 0.15) is 5.82 Å². The molecule has 2 heterocycles. The van der Waals surface area contributed by atoms with Crippen molar-refractivity contribution in [3.8, 4) is 0 Å². The summed E-state index contributed by atoms with van der Waals surface area (Å²) in [6, 6.07) is 19.2. The van der Waals surface area contributed by atoms with E-state index < -0.39 is 26.1 Å². The van der Waals surface area contributed by atoms with Gasteiger partial charge in [-0.2, -0.15) is 4.31 Å². The molecule has 2 N–H and O–H groups in total. The molecule has 4 aromatic rings. The molecule has 3 aromatic carbocycles. The number of aryl methyl sites for hydroxylation is 2. The van der Waals surface area contributed by atoms with Crippen molar-refractivity contribution in [1.29, 1.82) is 0 Å². The summed E-state index contributed by atoms with van der Waals surface area (Å²) in [6.45, 7) is 5.09. The van der Waals surface area contributed by atoms with Crippen LogP contribution in [0.3, 0.4) is 0 Å². The molecule has 1 atom stereocenters. The molecule has 1 aliphatic heterocycles. The predicted molar refractivity (Wildman–Crippen MR) is 148 cm³/mol. The van der Waals surface area contributed by atoms with Crippen molar-refractivity contribution in [2.45, 2.75) is 61.9 Å². The number of nitrogens with zero attached hydrogens (tertiary/aromatic N) is 3. The van der Waals surface area contributed by atoms with Crippen molar-refractivity contribution in [3.05, 3.63) is 89.2 Å². The third kappa shape index (κ3) is 5.01. The first-order valence-electron chi connectivity index (χ1n) is 12.8. The number of nitrogens with two attached hydrogens (primary N) is 1. The lowest BCUT2D eigenvalue weighted by atomic mass is 9.92. The van der Waals surface area contributed by atoms with Crippen LogP contribution in [0.4, 0.5) is 0 Å². The lowest BCUT2D eigenvalue weighted by molar-refractivity contribution is 0.300. The Balaban J connectivity index is 1.63. The second kappa shape index (κ2) is 10.3. The maximum absolute atomic E-state index is 13.9. The molecule has 10 heteroatoms. The van der Waals surface area contributed by atoms with E-state index in [1.54, 1.807) is 22.5 Å². The Morgan fingerprint density at radius 3 is 2.39 bits per heavy atom. The smallest absolute Gasteiger partial charge is 0.243 e. The van der Waals surface area contributed by atoms with E-state index in [0.29, 0.717) is 37.3 Å². The van der Waals surface area contributed by atoms with Crippen molar-refractivity contribution in [2.24, 2.45) is 5.14 Å². The van der Waals surface area contributed by atoms with Crippen LogP contribution in [0.15, 0.2) is 76.5 Å². The monoisotopic (exact) mass is 552 g/mol. The van der Waals surface area contributed by atoms with E-state index >= 15 is 0 Å². The van der Waals surface area contributed by atoms with Crippen LogP contribution in [0.25, 0.3) is 11.0 Å². The quantitative estimate of drug-likeness (QED) is 0.350. The van der Waals surface area contributed by atoms with Crippen molar-refractivity contribution < 1.29 is 16.8 Å². The fraction of sp³-hybridized carbons (Fsp3) is 0.321. The van der Waals surface area contributed by atoms with Gasteiger partial charge in [-0.15, -0.1) is 0 Å². The average molecular weight is 553 g/mol. The van der Waals surface area contributed by atoms with Crippen LogP contribution in [-0.4, -0.2) is 37.2 Å². The summed E-state index contributed by atoms with van der Waals surface area (Å²) in [4.78, 5) is 5.10. The Morgan fingerprint density at radius 2 is 1.68 bits per heavy atom. The van der Waals surface area contributed by atoms with Gasteiger partial charge >= 0.3 is 0 Å². The molecular formula is C28H32N4O4S2. The standard InChI is InChI=1S/C28H32N4O4S2/c1-3-4-16-31-26-14-13-23(37(29,33)34)18-25(26)30-28(31)19-27-24-8-6-5-7-21(24)15-17-32(27)38(35,36)22-11-9-20(2)10-12-22/h5-14,18,27H,3-4,15-17,19H2,1-2H3,(H2,29,33,34). The molecule has 0 radical (unpaired) electrons. The highest BCUT2D eigenvalue weighted by Crippen LogP contribution is 2.37. The van der Waals surface area contributed by atoms with Crippen LogP contribution >= 0.6 is 0 Å². The first-order chi connectivity index (χ1) is 18.1. The molecule has 200 valence electrons. The van der Waals surface area contributed by atoms with Gasteiger partial charge in [-0.25, -0.2) is 27.0 Å². The van der Waals surface area contributed by atoms with Crippen molar-refractivity contribution in [1.82, 2.24) is 13.9 Å². The van der Waals surface area contributed by atoms with Crippen LogP contribution in [0.5, 0.6) is 0 Å². The van der Waals surface area contributed by atoms with Gasteiger partial charge in [0.2, 0.25) is 20.0 Å². The normalized spacial score (nSPS) is 16.6. The van der Waals surface area contributed by atoms with Crippen LogP contribution in [-0.2, 0) is 39.4 Å². The van der Waals surface area contributed by atoms with Crippen LogP contribution in [0, 0.1) is 6.92 Å². The maximum Gasteiger partial charge on any atom is 0.243 e. The minimum absolute atomic E-state index is 0.00304. The Hall–Kier alpha value is -3.05. The number of unbranched alkanes of at least 4 members (excludes halogenated alkanes) is 1. The van der Waals surface area contributed by atoms with Gasteiger partial charge in [-0.3, -0.25) is 0 Å². The Labute approximate surface area is 224 Å². The molecule has 0 saturated carbocycles. The van der Waals surface area contributed by atoms with E-state index in [2.05, 4.69) is 17.6 Å². The van der Waals surface area contributed by atoms with Crippen molar-refractivity contribution >= 4 is 31.1 Å². The third-order valence-electron chi connectivity index (χ3n) is 7.23. The molecular weight excluding hydrogens is 520 g/mol. The first kappa shape index (κ1) is 26.6. The molecule has 0 spiro atoms. The average Bonchev–Trinajstić information content (AvgIpc) is 3.23. The lowest BCUT2D eigenvalue weighted by Crippen LogP contribution is -2.41. The molecule has 0 bridgehead atoms. The molecule has 38 heavy (non-hydrogen) atoms. The van der Waals surface area contributed by atoms with Gasteiger partial charge in [-0.05, 0) is 61.2 Å². The van der Waals surface area contributed by atoms with Crippen molar-refractivity contribution in [3.63, 3.8) is 0 Å². The number of hydrogen-bond acceptors (Lipinski definition) is 5. The highest BCUT2D eigenvalue weighted by molar-refractivity contribution is 7.89. The summed E-state index contributed by atoms with van der Waals surface area (Å²) in [5, 5.41) is 5.37. The topological polar surface area (TPSA) is 115 Å². The molecule has 0 amide bonds. The predicted octanol–water partition coefficient (Wildman–Crippen LogP) is 4.32. The van der Waals surface area contributed by atoms with Crippen LogP contribution in [0.2, 0.25) is 0 Å². The highest BCUT2D eigenvalue weighted by atomic mass is 32.2. The van der Waals surface area contributed by atoms with Crippen molar-refractivity contribution in [2.75, 3.05) is 6.54 Å². The Kier molecular flexibility index (Phi) is 7.17. The fourth-order valence-corrected chi connectivity index (χ4v) is 7.34. The van der Waals surface area contributed by atoms with E-state index in [4.69, 9.17) is 10.1 Å². The second-order valence-corrected chi connectivity index (χ2v) is 13.3. The SMILES string of the molecule is CCCCn1c(CC2c3ccccc3CCN2S(=O)(=O)c2ccc(C)cc2)nc2cc(S(N)(=O)=O)ccc21. The van der Waals surface area contributed by atoms with E-state index in [1.165, 1.54) is 12.1 Å². The number of benzene rings is 3. The van der Waals surface area contributed by atoms with Gasteiger partial charge in [0.05, 0.1) is 26.9 Å². The number of sulfonamides is 2. The van der Waals surface area contributed by atoms with E-state index in [1.807, 2.05) is 37.3 Å². The van der Waals surface area contributed by atoms with E-state index in [-0.39, 0.29) is 9.79 Å². The zero-order valence-corrected chi connectivity index (χ0v) is 23.2. The maximum atomic E-state index is 13.9. The summed E-state index contributed by atoms with van der Waals surface area (Å²) in [5.41, 5.74) is 4.42. The Morgan fingerprint density at radius 1 is 0.974 bits per heavy atom. The molecule has 0 saturated heterocycles. The van der Waals surface area contributed by atoms with Gasteiger partial charge in [0.25, 0.3) is 0 Å². The van der Waals surface area contributed by atoms with Gasteiger partial charge < -0.3 is 4.57 Å². The lowest BCUT2D eigenvalue weighted by Gasteiger charge is -2.36. The summed E-state index contributed by atoms with van der Waals surface area (Å²) in [7, 11) is -7.66. The van der Waals surface area contributed by atoms with Gasteiger partial charge in [-0.1, -0.05) is 55.3 Å². The molecule has 0 fully saturated rings.